The lowest BCUT2D eigenvalue weighted by Gasteiger charge is -2.23. The summed E-state index contributed by atoms with van der Waals surface area (Å²) < 4.78 is 2.02. The Morgan fingerprint density at radius 2 is 2.25 bits per heavy atom. The second-order valence-corrected chi connectivity index (χ2v) is 5.33. The molecule has 0 spiro atoms. The van der Waals surface area contributed by atoms with Crippen LogP contribution in [-0.4, -0.2) is 38.3 Å². The lowest BCUT2D eigenvalue weighted by Crippen LogP contribution is -2.25. The average Bonchev–Trinajstić information content (AvgIpc) is 2.79. The van der Waals surface area contributed by atoms with E-state index >= 15 is 0 Å². The van der Waals surface area contributed by atoms with Gasteiger partial charge in [-0.3, -0.25) is 0 Å². The minimum atomic E-state index is 0.231. The first kappa shape index (κ1) is 11.9. The summed E-state index contributed by atoms with van der Waals surface area (Å²) in [5.74, 6) is 3.41. The van der Waals surface area contributed by atoms with Gasteiger partial charge in [0.15, 0.2) is 5.82 Å². The molecule has 90 valence electrons. The van der Waals surface area contributed by atoms with Gasteiger partial charge < -0.3 is 5.32 Å². The third-order valence-electron chi connectivity index (χ3n) is 2.95. The van der Waals surface area contributed by atoms with Crippen molar-refractivity contribution < 1.29 is 0 Å². The van der Waals surface area contributed by atoms with Crippen LogP contribution in [0.1, 0.15) is 44.6 Å². The third kappa shape index (κ3) is 2.55. The van der Waals surface area contributed by atoms with Crippen molar-refractivity contribution in [3.63, 3.8) is 0 Å². The Morgan fingerprint density at radius 1 is 1.50 bits per heavy atom. The maximum atomic E-state index is 4.15. The molecule has 0 amide bonds. The van der Waals surface area contributed by atoms with Gasteiger partial charge in [0.1, 0.15) is 0 Å². The van der Waals surface area contributed by atoms with Crippen molar-refractivity contribution in [2.24, 2.45) is 0 Å². The largest absolute Gasteiger partial charge is 0.308 e. The highest BCUT2D eigenvalue weighted by Crippen LogP contribution is 2.27. The van der Waals surface area contributed by atoms with Gasteiger partial charge >= 0.3 is 0 Å². The van der Waals surface area contributed by atoms with E-state index in [4.69, 9.17) is 0 Å². The predicted octanol–water partition coefficient (Wildman–Crippen LogP) is 1.41. The zero-order chi connectivity index (χ0) is 11.4. The van der Waals surface area contributed by atoms with Gasteiger partial charge in [-0.05, 0) is 48.2 Å². The Balaban J connectivity index is 2.11. The fraction of sp³-hybridized carbons (Fsp3) is 0.900. The molecular formula is C10H19N5S. The zero-order valence-corrected chi connectivity index (χ0v) is 10.7. The molecule has 0 aromatic carbocycles. The van der Waals surface area contributed by atoms with Crippen molar-refractivity contribution in [2.75, 3.05) is 18.1 Å². The highest BCUT2D eigenvalue weighted by atomic mass is 32.2. The molecule has 0 radical (unpaired) electrons. The standard InChI is InChI=1S/C10H19N5S/c1-3-11-8(2)10-12-13-14-15(10)9-4-6-16-7-5-9/h8-9,11H,3-7H2,1-2H3. The molecular weight excluding hydrogens is 222 g/mol. The van der Waals surface area contributed by atoms with Gasteiger partial charge in [0, 0.05) is 0 Å². The lowest BCUT2D eigenvalue weighted by molar-refractivity contribution is 0.385. The summed E-state index contributed by atoms with van der Waals surface area (Å²) in [6.07, 6.45) is 2.36. The maximum Gasteiger partial charge on any atom is 0.168 e. The van der Waals surface area contributed by atoms with Crippen LogP contribution in [0.25, 0.3) is 0 Å². The molecule has 6 heteroatoms. The molecule has 0 saturated carbocycles. The molecule has 1 fully saturated rings. The summed E-state index contributed by atoms with van der Waals surface area (Å²) >= 11 is 2.02. The molecule has 1 saturated heterocycles. The molecule has 1 N–H and O–H groups in total. The number of rotatable bonds is 4. The molecule has 1 aliphatic heterocycles. The van der Waals surface area contributed by atoms with Gasteiger partial charge in [0.05, 0.1) is 12.1 Å². The average molecular weight is 241 g/mol. The number of nitrogens with one attached hydrogen (secondary N) is 1. The van der Waals surface area contributed by atoms with Crippen LogP contribution in [0.3, 0.4) is 0 Å². The molecule has 1 aromatic rings. The highest BCUT2D eigenvalue weighted by Gasteiger charge is 2.22. The van der Waals surface area contributed by atoms with Crippen LogP contribution in [0.5, 0.6) is 0 Å². The summed E-state index contributed by atoms with van der Waals surface area (Å²) in [7, 11) is 0. The predicted molar refractivity (Wildman–Crippen MR) is 65.5 cm³/mol. The van der Waals surface area contributed by atoms with Crippen molar-refractivity contribution in [1.82, 2.24) is 25.5 Å². The SMILES string of the molecule is CCNC(C)c1nnnn1C1CCSCC1. The summed E-state index contributed by atoms with van der Waals surface area (Å²) in [6, 6.07) is 0.724. The molecule has 1 aromatic heterocycles. The minimum absolute atomic E-state index is 0.231. The van der Waals surface area contributed by atoms with Crippen molar-refractivity contribution in [1.29, 1.82) is 0 Å². The Morgan fingerprint density at radius 3 is 2.94 bits per heavy atom. The van der Waals surface area contributed by atoms with E-state index in [1.54, 1.807) is 0 Å². The van der Waals surface area contributed by atoms with Gasteiger partial charge in [0.2, 0.25) is 0 Å². The van der Waals surface area contributed by atoms with Gasteiger partial charge in [0.25, 0.3) is 0 Å². The number of aromatic nitrogens is 4. The van der Waals surface area contributed by atoms with E-state index in [0.717, 1.165) is 12.4 Å². The van der Waals surface area contributed by atoms with Crippen LogP contribution >= 0.6 is 11.8 Å². The summed E-state index contributed by atoms with van der Waals surface area (Å²) in [5, 5.41) is 15.5. The van der Waals surface area contributed by atoms with Crippen LogP contribution in [0.2, 0.25) is 0 Å². The summed E-state index contributed by atoms with van der Waals surface area (Å²) in [4.78, 5) is 0. The first-order chi connectivity index (χ1) is 7.83. The first-order valence-corrected chi connectivity index (χ1v) is 7.07. The van der Waals surface area contributed by atoms with E-state index in [1.807, 2.05) is 16.4 Å². The van der Waals surface area contributed by atoms with Gasteiger partial charge in [-0.1, -0.05) is 6.92 Å². The van der Waals surface area contributed by atoms with Crippen molar-refractivity contribution >= 4 is 11.8 Å². The first-order valence-electron chi connectivity index (χ1n) is 5.91. The molecule has 2 rings (SSSR count). The zero-order valence-electron chi connectivity index (χ0n) is 9.89. The van der Waals surface area contributed by atoms with Crippen molar-refractivity contribution in [3.8, 4) is 0 Å². The molecule has 1 aliphatic rings. The van der Waals surface area contributed by atoms with Crippen LogP contribution in [0.15, 0.2) is 0 Å². The Hall–Kier alpha value is -0.620. The Labute approximate surface area is 100 Å². The van der Waals surface area contributed by atoms with Crippen LogP contribution in [-0.2, 0) is 0 Å². The number of nitrogens with zero attached hydrogens (tertiary/aromatic N) is 4. The number of thioether (sulfide) groups is 1. The molecule has 16 heavy (non-hydrogen) atoms. The van der Waals surface area contributed by atoms with E-state index in [1.165, 1.54) is 24.3 Å². The second-order valence-electron chi connectivity index (χ2n) is 4.10. The molecule has 1 unspecified atom stereocenters. The maximum absolute atomic E-state index is 4.15. The van der Waals surface area contributed by atoms with Gasteiger partial charge in [-0.15, -0.1) is 5.10 Å². The van der Waals surface area contributed by atoms with Gasteiger partial charge in [-0.2, -0.15) is 11.8 Å². The molecule has 2 heterocycles. The lowest BCUT2D eigenvalue weighted by atomic mass is 10.1. The summed E-state index contributed by atoms with van der Waals surface area (Å²) in [6.45, 7) is 5.15. The fourth-order valence-corrected chi connectivity index (χ4v) is 3.15. The van der Waals surface area contributed by atoms with Gasteiger partial charge in [-0.25, -0.2) is 4.68 Å². The molecule has 5 nitrogen and oxygen atoms in total. The second kappa shape index (κ2) is 5.63. The number of hydrogen-bond donors (Lipinski definition) is 1. The number of tetrazole rings is 1. The molecule has 1 atom stereocenters. The normalized spacial score (nSPS) is 19.9. The van der Waals surface area contributed by atoms with E-state index in [0.29, 0.717) is 6.04 Å². The minimum Gasteiger partial charge on any atom is -0.308 e. The van der Waals surface area contributed by atoms with E-state index in [9.17, 15) is 0 Å². The Kier molecular flexibility index (Phi) is 4.17. The van der Waals surface area contributed by atoms with Crippen LogP contribution in [0, 0.1) is 0 Å². The smallest absolute Gasteiger partial charge is 0.168 e. The Bertz CT molecular complexity index is 321. The van der Waals surface area contributed by atoms with Crippen LogP contribution < -0.4 is 5.32 Å². The number of hydrogen-bond acceptors (Lipinski definition) is 5. The monoisotopic (exact) mass is 241 g/mol. The highest BCUT2D eigenvalue weighted by molar-refractivity contribution is 7.99. The van der Waals surface area contributed by atoms with E-state index < -0.39 is 0 Å². The van der Waals surface area contributed by atoms with E-state index in [-0.39, 0.29) is 6.04 Å². The quantitative estimate of drug-likeness (QED) is 0.864. The van der Waals surface area contributed by atoms with Crippen molar-refractivity contribution in [2.45, 2.75) is 38.8 Å². The topological polar surface area (TPSA) is 55.6 Å². The van der Waals surface area contributed by atoms with E-state index in [2.05, 4.69) is 34.7 Å². The van der Waals surface area contributed by atoms with Crippen LogP contribution in [0.4, 0.5) is 0 Å². The fourth-order valence-electron chi connectivity index (χ4n) is 2.07. The summed E-state index contributed by atoms with van der Waals surface area (Å²) in [5.41, 5.74) is 0. The molecule has 0 aliphatic carbocycles. The van der Waals surface area contributed by atoms with Crippen molar-refractivity contribution in [3.05, 3.63) is 5.82 Å². The molecule has 0 bridgehead atoms. The third-order valence-corrected chi connectivity index (χ3v) is 4.00.